The lowest BCUT2D eigenvalue weighted by Gasteiger charge is -2.14. The number of rotatable bonds is 8. The molecule has 0 unspecified atom stereocenters. The molecule has 146 valence electrons. The van der Waals surface area contributed by atoms with Gasteiger partial charge in [0, 0.05) is 24.5 Å². The molecule has 5 nitrogen and oxygen atoms in total. The first-order valence-electron chi connectivity index (χ1n) is 8.73. The normalized spacial score (nSPS) is 15.5. The second-order valence-electron chi connectivity index (χ2n) is 6.08. The number of aromatic nitrogens is 1. The standard InChI is InChI=1S/C19H18FN3O2S3/c20-14-7-5-13(6-8-14)12-15-17(25)23(19(26)28-15)10-3-1-2-4-16(24)22-18-21-9-11-27-18/h5-9,11-12H,1-4,10H2,(H,21,22,24)/b15-12-. The summed E-state index contributed by atoms with van der Waals surface area (Å²) in [4.78, 5) is 30.5. The smallest absolute Gasteiger partial charge is 0.266 e. The first kappa shape index (κ1) is 20.6. The quantitative estimate of drug-likeness (QED) is 0.371. The van der Waals surface area contributed by atoms with E-state index in [2.05, 4.69) is 10.3 Å². The van der Waals surface area contributed by atoms with E-state index in [0.717, 1.165) is 24.8 Å². The first-order chi connectivity index (χ1) is 13.5. The Morgan fingerprint density at radius 2 is 2.04 bits per heavy atom. The molecule has 0 spiro atoms. The zero-order chi connectivity index (χ0) is 19.9. The van der Waals surface area contributed by atoms with Gasteiger partial charge < -0.3 is 5.32 Å². The number of anilines is 1. The van der Waals surface area contributed by atoms with Gasteiger partial charge in [-0.3, -0.25) is 14.5 Å². The summed E-state index contributed by atoms with van der Waals surface area (Å²) in [5.74, 6) is -0.492. The molecule has 3 rings (SSSR count). The van der Waals surface area contributed by atoms with Gasteiger partial charge in [0.15, 0.2) is 5.13 Å². The van der Waals surface area contributed by atoms with E-state index in [1.807, 2.05) is 5.38 Å². The number of nitrogens with zero attached hydrogens (tertiary/aromatic N) is 2. The molecule has 0 atom stereocenters. The van der Waals surface area contributed by atoms with Crippen LogP contribution in [0, 0.1) is 5.82 Å². The molecule has 0 bridgehead atoms. The molecule has 1 aliphatic heterocycles. The number of unbranched alkanes of at least 4 members (excludes halogenated alkanes) is 2. The third-order valence-corrected chi connectivity index (χ3v) is 6.07. The number of hydrogen-bond donors (Lipinski definition) is 1. The highest BCUT2D eigenvalue weighted by molar-refractivity contribution is 8.26. The Morgan fingerprint density at radius 1 is 1.25 bits per heavy atom. The fraction of sp³-hybridized carbons (Fsp3) is 0.263. The van der Waals surface area contributed by atoms with Gasteiger partial charge in [0.1, 0.15) is 10.1 Å². The molecule has 1 aliphatic rings. The Balaban J connectivity index is 1.42. The van der Waals surface area contributed by atoms with Crippen LogP contribution in [-0.2, 0) is 9.59 Å². The molecule has 1 aromatic heterocycles. The Hall–Kier alpha value is -2.10. The monoisotopic (exact) mass is 435 g/mol. The molecular formula is C19H18FN3O2S3. The maximum atomic E-state index is 13.0. The van der Waals surface area contributed by atoms with E-state index in [9.17, 15) is 14.0 Å². The van der Waals surface area contributed by atoms with Crippen LogP contribution in [0.4, 0.5) is 9.52 Å². The summed E-state index contributed by atoms with van der Waals surface area (Å²) < 4.78 is 13.5. The highest BCUT2D eigenvalue weighted by Crippen LogP contribution is 2.32. The zero-order valence-corrected chi connectivity index (χ0v) is 17.3. The van der Waals surface area contributed by atoms with Crippen molar-refractivity contribution < 1.29 is 14.0 Å². The fourth-order valence-electron chi connectivity index (χ4n) is 2.60. The van der Waals surface area contributed by atoms with Crippen LogP contribution in [0.15, 0.2) is 40.7 Å². The number of nitrogens with one attached hydrogen (secondary N) is 1. The molecule has 1 aromatic carbocycles. The number of thiocarbonyl (C=S) groups is 1. The summed E-state index contributed by atoms with van der Waals surface area (Å²) in [6.45, 7) is 0.527. The Morgan fingerprint density at radius 3 is 2.75 bits per heavy atom. The van der Waals surface area contributed by atoms with Crippen molar-refractivity contribution in [3.05, 3.63) is 52.1 Å². The van der Waals surface area contributed by atoms with E-state index in [1.165, 1.54) is 35.2 Å². The molecule has 1 N–H and O–H groups in total. The third kappa shape index (κ3) is 5.70. The van der Waals surface area contributed by atoms with E-state index >= 15 is 0 Å². The minimum absolute atomic E-state index is 0.0530. The maximum absolute atomic E-state index is 13.0. The molecule has 0 saturated carbocycles. The molecule has 2 aromatic rings. The van der Waals surface area contributed by atoms with Crippen LogP contribution in [0.5, 0.6) is 0 Å². The number of amides is 2. The van der Waals surface area contributed by atoms with Crippen molar-refractivity contribution >= 4 is 62.7 Å². The largest absolute Gasteiger partial charge is 0.302 e. The number of hydrogen-bond acceptors (Lipinski definition) is 6. The fourth-order valence-corrected chi connectivity index (χ4v) is 4.46. The predicted octanol–water partition coefficient (Wildman–Crippen LogP) is 4.68. The number of carbonyl (C=O) groups is 2. The van der Waals surface area contributed by atoms with Crippen molar-refractivity contribution in [2.75, 3.05) is 11.9 Å². The second kappa shape index (κ2) is 9.90. The third-order valence-electron chi connectivity index (χ3n) is 4.01. The molecule has 9 heteroatoms. The lowest BCUT2D eigenvalue weighted by Crippen LogP contribution is -2.29. The lowest BCUT2D eigenvalue weighted by atomic mass is 10.1. The summed E-state index contributed by atoms with van der Waals surface area (Å²) in [5.41, 5.74) is 0.758. The highest BCUT2D eigenvalue weighted by atomic mass is 32.2. The predicted molar refractivity (Wildman–Crippen MR) is 115 cm³/mol. The van der Waals surface area contributed by atoms with E-state index in [4.69, 9.17) is 12.2 Å². The van der Waals surface area contributed by atoms with Crippen LogP contribution in [0.2, 0.25) is 0 Å². The van der Waals surface area contributed by atoms with Gasteiger partial charge in [-0.1, -0.05) is 42.5 Å². The minimum Gasteiger partial charge on any atom is -0.302 e. The SMILES string of the molecule is O=C(CCCCCN1C(=O)/C(=C/c2ccc(F)cc2)SC1=S)Nc1nccs1. The van der Waals surface area contributed by atoms with Gasteiger partial charge in [0.2, 0.25) is 5.91 Å². The molecule has 28 heavy (non-hydrogen) atoms. The van der Waals surface area contributed by atoms with Crippen molar-refractivity contribution in [1.82, 2.24) is 9.88 Å². The van der Waals surface area contributed by atoms with Crippen molar-refractivity contribution in [3.63, 3.8) is 0 Å². The molecular weight excluding hydrogens is 417 g/mol. The van der Waals surface area contributed by atoms with E-state index < -0.39 is 0 Å². The Labute approximate surface area is 176 Å². The van der Waals surface area contributed by atoms with Gasteiger partial charge in [-0.15, -0.1) is 11.3 Å². The van der Waals surface area contributed by atoms with Gasteiger partial charge in [-0.05, 0) is 36.6 Å². The van der Waals surface area contributed by atoms with Crippen molar-refractivity contribution in [2.24, 2.45) is 0 Å². The number of thiazole rings is 1. The number of benzene rings is 1. The van der Waals surface area contributed by atoms with Crippen molar-refractivity contribution in [3.8, 4) is 0 Å². The lowest BCUT2D eigenvalue weighted by molar-refractivity contribution is -0.122. The molecule has 1 fully saturated rings. The maximum Gasteiger partial charge on any atom is 0.266 e. The molecule has 0 aliphatic carbocycles. The first-order valence-corrected chi connectivity index (χ1v) is 10.8. The summed E-state index contributed by atoms with van der Waals surface area (Å²) in [6, 6.07) is 5.96. The van der Waals surface area contributed by atoms with Crippen molar-refractivity contribution in [1.29, 1.82) is 0 Å². The van der Waals surface area contributed by atoms with Gasteiger partial charge in [-0.2, -0.15) is 0 Å². The van der Waals surface area contributed by atoms with Crippen LogP contribution >= 0.6 is 35.3 Å². The summed E-state index contributed by atoms with van der Waals surface area (Å²) in [6.07, 6.45) is 6.11. The topological polar surface area (TPSA) is 62.3 Å². The van der Waals surface area contributed by atoms with Crippen LogP contribution in [0.1, 0.15) is 31.2 Å². The molecule has 0 radical (unpaired) electrons. The van der Waals surface area contributed by atoms with Gasteiger partial charge in [0.25, 0.3) is 5.91 Å². The summed E-state index contributed by atoms with van der Waals surface area (Å²) in [7, 11) is 0. The van der Waals surface area contributed by atoms with Crippen LogP contribution in [0.3, 0.4) is 0 Å². The van der Waals surface area contributed by atoms with Crippen LogP contribution in [0.25, 0.3) is 6.08 Å². The Bertz CT molecular complexity index is 882. The second-order valence-corrected chi connectivity index (χ2v) is 8.65. The zero-order valence-electron chi connectivity index (χ0n) is 14.9. The van der Waals surface area contributed by atoms with Gasteiger partial charge in [-0.25, -0.2) is 9.37 Å². The average molecular weight is 436 g/mol. The van der Waals surface area contributed by atoms with E-state index in [0.29, 0.717) is 27.3 Å². The van der Waals surface area contributed by atoms with Crippen LogP contribution < -0.4 is 5.32 Å². The van der Waals surface area contributed by atoms with E-state index in [1.54, 1.807) is 29.3 Å². The molecule has 2 heterocycles. The molecule has 2 amide bonds. The summed E-state index contributed by atoms with van der Waals surface area (Å²) >= 11 is 7.96. The van der Waals surface area contributed by atoms with Crippen LogP contribution in [-0.4, -0.2) is 32.6 Å². The van der Waals surface area contributed by atoms with Gasteiger partial charge >= 0.3 is 0 Å². The minimum atomic E-state index is -0.315. The molecule has 1 saturated heterocycles. The summed E-state index contributed by atoms with van der Waals surface area (Å²) in [5, 5.41) is 5.16. The Kier molecular flexibility index (Phi) is 7.30. The highest BCUT2D eigenvalue weighted by Gasteiger charge is 2.31. The number of thioether (sulfide) groups is 1. The number of halogens is 1. The van der Waals surface area contributed by atoms with Gasteiger partial charge in [0.05, 0.1) is 4.91 Å². The van der Waals surface area contributed by atoms with Crippen molar-refractivity contribution in [2.45, 2.75) is 25.7 Å². The average Bonchev–Trinajstić information content (AvgIpc) is 3.26. The van der Waals surface area contributed by atoms with E-state index in [-0.39, 0.29) is 17.6 Å². The number of carbonyl (C=O) groups excluding carboxylic acids is 2.